The average molecular weight is 223 g/mol. The molecule has 0 saturated carbocycles. The lowest BCUT2D eigenvalue weighted by atomic mass is 10.2. The highest BCUT2D eigenvalue weighted by atomic mass is 16.6. The highest BCUT2D eigenvalue weighted by Gasteiger charge is 2.10. The van der Waals surface area contributed by atoms with Crippen LogP contribution in [0.1, 0.15) is 18.9 Å². The lowest BCUT2D eigenvalue weighted by molar-refractivity contribution is 0.0553. The predicted octanol–water partition coefficient (Wildman–Crippen LogP) is 1.68. The van der Waals surface area contributed by atoms with Gasteiger partial charge in [0.05, 0.1) is 6.61 Å². The highest BCUT2D eigenvalue weighted by Crippen LogP contribution is 2.00. The zero-order valence-corrected chi connectivity index (χ0v) is 9.35. The second-order valence-electron chi connectivity index (χ2n) is 3.46. The average Bonchev–Trinajstić information content (AvgIpc) is 2.34. The van der Waals surface area contributed by atoms with Gasteiger partial charge in [-0.25, -0.2) is 4.79 Å². The van der Waals surface area contributed by atoms with E-state index >= 15 is 0 Å². The van der Waals surface area contributed by atoms with Crippen molar-refractivity contribution in [3.63, 3.8) is 0 Å². The number of amides is 1. The minimum Gasteiger partial charge on any atom is -0.444 e. The number of hydrogen-bond acceptors (Lipinski definition) is 3. The number of aliphatic hydroxyl groups excluding tert-OH is 1. The Hall–Kier alpha value is -1.55. The maximum Gasteiger partial charge on any atom is 0.407 e. The van der Waals surface area contributed by atoms with E-state index in [0.29, 0.717) is 13.0 Å². The third-order valence-corrected chi connectivity index (χ3v) is 2.21. The van der Waals surface area contributed by atoms with Gasteiger partial charge in [-0.05, 0) is 12.0 Å². The molecule has 88 valence electrons. The number of aliphatic hydroxyl groups is 1. The summed E-state index contributed by atoms with van der Waals surface area (Å²) >= 11 is 0. The number of ether oxygens (including phenoxy) is 1. The number of nitrogens with one attached hydrogen (secondary N) is 1. The second kappa shape index (κ2) is 6.85. The van der Waals surface area contributed by atoms with Gasteiger partial charge < -0.3 is 15.2 Å². The first-order valence-corrected chi connectivity index (χ1v) is 5.35. The van der Waals surface area contributed by atoms with Crippen LogP contribution in [0.3, 0.4) is 0 Å². The summed E-state index contributed by atoms with van der Waals surface area (Å²) in [4.78, 5) is 11.3. The zero-order valence-electron chi connectivity index (χ0n) is 9.35. The Kier molecular flexibility index (Phi) is 5.36. The van der Waals surface area contributed by atoms with E-state index in [1.54, 1.807) is 0 Å². The van der Waals surface area contributed by atoms with Crippen LogP contribution in [0.5, 0.6) is 0 Å². The molecule has 0 heterocycles. The Bertz CT molecular complexity index is 309. The molecule has 2 N–H and O–H groups in total. The van der Waals surface area contributed by atoms with Crippen molar-refractivity contribution in [1.82, 2.24) is 5.32 Å². The van der Waals surface area contributed by atoms with E-state index in [9.17, 15) is 4.79 Å². The molecular formula is C12H17NO3. The van der Waals surface area contributed by atoms with E-state index in [4.69, 9.17) is 9.84 Å². The monoisotopic (exact) mass is 223 g/mol. The summed E-state index contributed by atoms with van der Waals surface area (Å²) in [5.41, 5.74) is 1.01. The fraction of sp³-hybridized carbons (Fsp3) is 0.417. The Morgan fingerprint density at radius 3 is 2.69 bits per heavy atom. The summed E-state index contributed by atoms with van der Waals surface area (Å²) in [5, 5.41) is 11.5. The molecule has 4 heteroatoms. The first-order chi connectivity index (χ1) is 7.76. The van der Waals surface area contributed by atoms with Gasteiger partial charge in [0.2, 0.25) is 0 Å². The quantitative estimate of drug-likeness (QED) is 0.798. The largest absolute Gasteiger partial charge is 0.444 e. The van der Waals surface area contributed by atoms with Crippen LogP contribution in [0.15, 0.2) is 30.3 Å². The number of rotatable bonds is 5. The maximum atomic E-state index is 11.3. The van der Waals surface area contributed by atoms with E-state index in [0.717, 1.165) is 5.56 Å². The highest BCUT2D eigenvalue weighted by molar-refractivity contribution is 5.67. The van der Waals surface area contributed by atoms with Crippen LogP contribution in [0.25, 0.3) is 0 Å². The first kappa shape index (κ1) is 12.5. The SMILES string of the molecule is CCC(CO)OC(=O)NCc1ccccc1. The van der Waals surface area contributed by atoms with Crippen LogP contribution in [-0.4, -0.2) is 23.9 Å². The smallest absolute Gasteiger partial charge is 0.407 e. The van der Waals surface area contributed by atoms with Crippen molar-refractivity contribution >= 4 is 6.09 Å². The number of carbonyl (C=O) groups excluding carboxylic acids is 1. The van der Waals surface area contributed by atoms with Crippen LogP contribution in [0.4, 0.5) is 4.79 Å². The van der Waals surface area contributed by atoms with Gasteiger partial charge in [-0.15, -0.1) is 0 Å². The molecule has 0 bridgehead atoms. The normalized spacial score (nSPS) is 11.9. The molecule has 0 aliphatic heterocycles. The van der Waals surface area contributed by atoms with Gasteiger partial charge in [0, 0.05) is 6.54 Å². The van der Waals surface area contributed by atoms with Crippen molar-refractivity contribution in [1.29, 1.82) is 0 Å². The van der Waals surface area contributed by atoms with Crippen molar-refractivity contribution in [3.05, 3.63) is 35.9 Å². The van der Waals surface area contributed by atoms with Gasteiger partial charge >= 0.3 is 6.09 Å². The van der Waals surface area contributed by atoms with Crippen molar-refractivity contribution in [3.8, 4) is 0 Å². The molecule has 1 unspecified atom stereocenters. The molecule has 0 aliphatic carbocycles. The summed E-state index contributed by atoms with van der Waals surface area (Å²) in [6.45, 7) is 2.14. The molecule has 0 spiro atoms. The summed E-state index contributed by atoms with van der Waals surface area (Å²) in [5.74, 6) is 0. The number of alkyl carbamates (subject to hydrolysis) is 1. The minimum absolute atomic E-state index is 0.144. The van der Waals surface area contributed by atoms with Crippen LogP contribution in [-0.2, 0) is 11.3 Å². The van der Waals surface area contributed by atoms with E-state index in [1.165, 1.54) is 0 Å². The Morgan fingerprint density at radius 2 is 2.12 bits per heavy atom. The van der Waals surface area contributed by atoms with Crippen molar-refractivity contribution in [2.75, 3.05) is 6.61 Å². The first-order valence-electron chi connectivity index (χ1n) is 5.35. The topological polar surface area (TPSA) is 58.6 Å². The van der Waals surface area contributed by atoms with Crippen LogP contribution in [0.2, 0.25) is 0 Å². The van der Waals surface area contributed by atoms with Gasteiger partial charge in [-0.1, -0.05) is 37.3 Å². The molecule has 0 aliphatic rings. The van der Waals surface area contributed by atoms with E-state index in [2.05, 4.69) is 5.32 Å². The Balaban J connectivity index is 2.30. The minimum atomic E-state index is -0.496. The zero-order chi connectivity index (χ0) is 11.8. The molecular weight excluding hydrogens is 206 g/mol. The lowest BCUT2D eigenvalue weighted by Gasteiger charge is -2.13. The molecule has 1 atom stereocenters. The number of benzene rings is 1. The number of hydrogen-bond donors (Lipinski definition) is 2. The van der Waals surface area contributed by atoms with E-state index in [-0.39, 0.29) is 6.61 Å². The standard InChI is InChI=1S/C12H17NO3/c1-2-11(9-14)16-12(15)13-8-10-6-4-3-5-7-10/h3-7,11,14H,2,8-9H2,1H3,(H,13,15). The molecule has 0 aromatic heterocycles. The molecule has 1 amide bonds. The molecule has 0 radical (unpaired) electrons. The predicted molar refractivity (Wildman–Crippen MR) is 60.9 cm³/mol. The molecule has 4 nitrogen and oxygen atoms in total. The van der Waals surface area contributed by atoms with Crippen molar-refractivity contribution < 1.29 is 14.6 Å². The molecule has 0 fully saturated rings. The van der Waals surface area contributed by atoms with Crippen molar-refractivity contribution in [2.24, 2.45) is 0 Å². The van der Waals surface area contributed by atoms with Crippen molar-refractivity contribution in [2.45, 2.75) is 26.0 Å². The second-order valence-corrected chi connectivity index (χ2v) is 3.46. The van der Waals surface area contributed by atoms with E-state index in [1.807, 2.05) is 37.3 Å². The molecule has 1 rings (SSSR count). The third kappa shape index (κ3) is 4.31. The molecule has 1 aromatic carbocycles. The summed E-state index contributed by atoms with van der Waals surface area (Å²) in [6.07, 6.45) is -0.310. The number of carbonyl (C=O) groups is 1. The van der Waals surface area contributed by atoms with Gasteiger partial charge in [0.25, 0.3) is 0 Å². The fourth-order valence-electron chi connectivity index (χ4n) is 1.21. The summed E-state index contributed by atoms with van der Waals surface area (Å²) in [6, 6.07) is 9.57. The molecule has 16 heavy (non-hydrogen) atoms. The Labute approximate surface area is 95.2 Å². The molecule has 0 saturated heterocycles. The molecule has 1 aromatic rings. The van der Waals surface area contributed by atoms with Crippen LogP contribution < -0.4 is 5.32 Å². The lowest BCUT2D eigenvalue weighted by Crippen LogP contribution is -2.30. The van der Waals surface area contributed by atoms with Gasteiger partial charge in [-0.2, -0.15) is 0 Å². The fourth-order valence-corrected chi connectivity index (χ4v) is 1.21. The van der Waals surface area contributed by atoms with Gasteiger partial charge in [0.15, 0.2) is 0 Å². The third-order valence-electron chi connectivity index (χ3n) is 2.21. The van der Waals surface area contributed by atoms with Crippen LogP contribution >= 0.6 is 0 Å². The maximum absolute atomic E-state index is 11.3. The van der Waals surface area contributed by atoms with Gasteiger partial charge in [-0.3, -0.25) is 0 Å². The summed E-state index contributed by atoms with van der Waals surface area (Å²) < 4.78 is 4.97. The Morgan fingerprint density at radius 1 is 1.44 bits per heavy atom. The van der Waals surface area contributed by atoms with E-state index < -0.39 is 12.2 Å². The summed E-state index contributed by atoms with van der Waals surface area (Å²) in [7, 11) is 0. The van der Waals surface area contributed by atoms with Crippen LogP contribution in [0, 0.1) is 0 Å². The van der Waals surface area contributed by atoms with Gasteiger partial charge in [0.1, 0.15) is 6.10 Å².